The van der Waals surface area contributed by atoms with E-state index in [1.807, 2.05) is 4.90 Å². The Labute approximate surface area is 248 Å². The van der Waals surface area contributed by atoms with E-state index in [2.05, 4.69) is 13.8 Å². The van der Waals surface area contributed by atoms with Crippen LogP contribution in [0.2, 0.25) is 0 Å². The van der Waals surface area contributed by atoms with Gasteiger partial charge in [-0.25, -0.2) is 12.8 Å². The highest BCUT2D eigenvalue weighted by atomic mass is 32.2. The molecular weight excluding hydrogens is 557 g/mol. The lowest BCUT2D eigenvalue weighted by Gasteiger charge is -2.42. The number of carbonyl (C=O) groups excluding carboxylic acids is 1. The highest BCUT2D eigenvalue weighted by molar-refractivity contribution is 7.90. The lowest BCUT2D eigenvalue weighted by atomic mass is 9.80. The fraction of sp³-hybridized carbons (Fsp3) is 0.424. The Hall–Kier alpha value is -3.43. The average molecular weight is 598 g/mol. The number of rotatable bonds is 12. The van der Waals surface area contributed by atoms with Gasteiger partial charge in [-0.15, -0.1) is 0 Å². The zero-order valence-corrected chi connectivity index (χ0v) is 25.6. The second-order valence-corrected chi connectivity index (χ2v) is 13.1. The molecule has 0 atom stereocenters. The number of sulfone groups is 1. The molecule has 226 valence electrons. The largest absolute Gasteiger partial charge is 0.457 e. The average Bonchev–Trinajstić information content (AvgIpc) is 2.97. The summed E-state index contributed by atoms with van der Waals surface area (Å²) < 4.78 is 55.1. The number of ether oxygens (including phenoxy) is 3. The molecule has 0 N–H and O–H groups in total. The molecule has 3 aromatic carbocycles. The maximum absolute atomic E-state index is 13.4. The van der Waals surface area contributed by atoms with E-state index < -0.39 is 9.84 Å². The fourth-order valence-electron chi connectivity index (χ4n) is 5.43. The van der Waals surface area contributed by atoms with Crippen molar-refractivity contribution in [3.05, 3.63) is 78.1 Å². The van der Waals surface area contributed by atoms with Gasteiger partial charge >= 0.3 is 0 Å². The molecule has 9 heteroatoms. The summed E-state index contributed by atoms with van der Waals surface area (Å²) in [6, 6.07) is 17.0. The van der Waals surface area contributed by atoms with Gasteiger partial charge in [-0.05, 0) is 91.4 Å². The molecule has 1 fully saturated rings. The maximum atomic E-state index is 13.4. The van der Waals surface area contributed by atoms with E-state index in [4.69, 9.17) is 14.2 Å². The minimum atomic E-state index is -3.34. The van der Waals surface area contributed by atoms with Crippen molar-refractivity contribution in [1.29, 1.82) is 0 Å². The van der Waals surface area contributed by atoms with Crippen LogP contribution in [0.3, 0.4) is 0 Å². The zero-order valence-electron chi connectivity index (χ0n) is 24.8. The van der Waals surface area contributed by atoms with E-state index in [1.165, 1.54) is 36.4 Å². The molecule has 0 spiro atoms. The zero-order chi connectivity index (χ0) is 30.3. The Morgan fingerprint density at radius 2 is 1.40 bits per heavy atom. The van der Waals surface area contributed by atoms with Crippen LogP contribution in [0.25, 0.3) is 0 Å². The van der Waals surface area contributed by atoms with Crippen molar-refractivity contribution >= 4 is 15.7 Å². The minimum absolute atomic E-state index is 0.00428. The summed E-state index contributed by atoms with van der Waals surface area (Å²) in [5.74, 6) is 1.96. The van der Waals surface area contributed by atoms with Gasteiger partial charge in [0.15, 0.2) is 9.84 Å². The summed E-state index contributed by atoms with van der Waals surface area (Å²) in [5, 5.41) is 0. The van der Waals surface area contributed by atoms with Crippen molar-refractivity contribution in [2.24, 2.45) is 5.92 Å². The normalized spacial score (nSPS) is 15.0. The molecule has 3 aromatic rings. The van der Waals surface area contributed by atoms with Crippen LogP contribution in [0.1, 0.15) is 51.5 Å². The van der Waals surface area contributed by atoms with E-state index >= 15 is 0 Å². The van der Waals surface area contributed by atoms with Gasteiger partial charge in [-0.3, -0.25) is 4.79 Å². The monoisotopic (exact) mass is 597 g/mol. The van der Waals surface area contributed by atoms with Crippen molar-refractivity contribution in [1.82, 2.24) is 4.90 Å². The van der Waals surface area contributed by atoms with Crippen molar-refractivity contribution < 1.29 is 31.8 Å². The number of piperidine rings is 1. The first-order valence-electron chi connectivity index (χ1n) is 14.4. The molecule has 4 rings (SSSR count). The summed E-state index contributed by atoms with van der Waals surface area (Å²) in [6.07, 6.45) is 6.14. The maximum Gasteiger partial charge on any atom is 0.226 e. The second kappa shape index (κ2) is 13.7. The van der Waals surface area contributed by atoms with E-state index in [9.17, 15) is 17.6 Å². The van der Waals surface area contributed by atoms with Gasteiger partial charge in [0.05, 0.1) is 16.9 Å². The third kappa shape index (κ3) is 8.32. The summed E-state index contributed by atoms with van der Waals surface area (Å²) in [6.45, 7) is 5.70. The molecule has 0 bridgehead atoms. The van der Waals surface area contributed by atoms with Gasteiger partial charge < -0.3 is 19.1 Å². The number of hydrogen-bond acceptors (Lipinski definition) is 6. The lowest BCUT2D eigenvalue weighted by molar-refractivity contribution is -0.137. The Bertz CT molecular complexity index is 1440. The summed E-state index contributed by atoms with van der Waals surface area (Å²) >= 11 is 0. The molecule has 0 aromatic heterocycles. The van der Waals surface area contributed by atoms with Gasteiger partial charge in [0.1, 0.15) is 28.8 Å². The van der Waals surface area contributed by atoms with Gasteiger partial charge in [0, 0.05) is 32.5 Å². The summed E-state index contributed by atoms with van der Waals surface area (Å²) in [4.78, 5) is 15.5. The van der Waals surface area contributed by atoms with E-state index in [-0.39, 0.29) is 28.6 Å². The number of hydrogen-bond donors (Lipinski definition) is 0. The first-order valence-corrected chi connectivity index (χ1v) is 16.3. The highest BCUT2D eigenvalue weighted by Gasteiger charge is 2.37. The lowest BCUT2D eigenvalue weighted by Crippen LogP contribution is -2.48. The molecule has 0 radical (unpaired) electrons. The molecule has 1 aliphatic rings. The van der Waals surface area contributed by atoms with E-state index in [1.54, 1.807) is 37.4 Å². The number of amides is 1. The number of methoxy groups -OCH3 is 1. The van der Waals surface area contributed by atoms with Gasteiger partial charge in [0.25, 0.3) is 0 Å². The molecular formula is C33H40FNO6S. The molecule has 0 aliphatic carbocycles. The SMILES string of the molecule is CCC(CC)CC1(OC)CCN(C(=O)Cc2cc(Oc3ccc(F)cc3)cc(Oc3ccc(S(C)(=O)=O)cc3)c2)CC1. The minimum Gasteiger partial charge on any atom is -0.457 e. The van der Waals surface area contributed by atoms with Crippen LogP contribution >= 0.6 is 0 Å². The van der Waals surface area contributed by atoms with Crippen LogP contribution in [0.4, 0.5) is 4.39 Å². The first kappa shape index (κ1) is 31.5. The molecule has 0 saturated carbocycles. The highest BCUT2D eigenvalue weighted by Crippen LogP contribution is 2.35. The third-order valence-electron chi connectivity index (χ3n) is 8.11. The standard InChI is InChI=1S/C33H40FNO6S/c1-5-24(6-2)23-33(39-3)15-17-35(18-16-33)32(36)21-25-19-29(40-27-9-7-26(34)8-10-27)22-30(20-25)41-28-11-13-31(14-12-28)42(4,37)38/h7-14,19-20,22,24H,5-6,15-18,21,23H2,1-4H3. The van der Waals surface area contributed by atoms with Crippen molar-refractivity contribution in [2.75, 3.05) is 26.5 Å². The topological polar surface area (TPSA) is 82.1 Å². The van der Waals surface area contributed by atoms with Gasteiger partial charge in [0.2, 0.25) is 5.91 Å². The molecule has 42 heavy (non-hydrogen) atoms. The molecule has 1 heterocycles. The molecule has 0 unspecified atom stereocenters. The molecule has 1 amide bonds. The van der Waals surface area contributed by atoms with Crippen LogP contribution in [0.15, 0.2) is 71.6 Å². The number of benzene rings is 3. The number of carbonyl (C=O) groups is 1. The van der Waals surface area contributed by atoms with Crippen LogP contribution < -0.4 is 9.47 Å². The predicted octanol–water partition coefficient (Wildman–Crippen LogP) is 7.19. The Morgan fingerprint density at radius 3 is 1.88 bits per heavy atom. The molecule has 7 nitrogen and oxygen atoms in total. The summed E-state index contributed by atoms with van der Waals surface area (Å²) in [5.41, 5.74) is 0.507. The Balaban J connectivity index is 1.51. The Kier molecular flexibility index (Phi) is 10.3. The number of likely N-dealkylation sites (tertiary alicyclic amines) is 1. The molecule has 1 saturated heterocycles. The first-order chi connectivity index (χ1) is 20.0. The van der Waals surface area contributed by atoms with Crippen molar-refractivity contribution in [2.45, 2.75) is 62.9 Å². The van der Waals surface area contributed by atoms with E-state index in [0.717, 1.165) is 38.4 Å². The fourth-order valence-corrected chi connectivity index (χ4v) is 6.06. The van der Waals surface area contributed by atoms with Crippen molar-refractivity contribution in [3.63, 3.8) is 0 Å². The summed E-state index contributed by atoms with van der Waals surface area (Å²) in [7, 11) is -1.56. The van der Waals surface area contributed by atoms with E-state index in [0.29, 0.717) is 47.6 Å². The van der Waals surface area contributed by atoms with Crippen LogP contribution in [-0.2, 0) is 25.8 Å². The number of halogens is 1. The second-order valence-electron chi connectivity index (χ2n) is 11.0. The Morgan fingerprint density at radius 1 is 0.881 bits per heavy atom. The van der Waals surface area contributed by atoms with Crippen molar-refractivity contribution in [3.8, 4) is 23.0 Å². The van der Waals surface area contributed by atoms with Gasteiger partial charge in [-0.1, -0.05) is 26.7 Å². The predicted molar refractivity (Wildman–Crippen MR) is 160 cm³/mol. The number of nitrogens with zero attached hydrogens (tertiary/aromatic N) is 1. The smallest absolute Gasteiger partial charge is 0.226 e. The van der Waals surface area contributed by atoms with Gasteiger partial charge in [-0.2, -0.15) is 0 Å². The quantitative estimate of drug-likeness (QED) is 0.220. The van der Waals surface area contributed by atoms with Crippen LogP contribution in [0.5, 0.6) is 23.0 Å². The van der Waals surface area contributed by atoms with Crippen LogP contribution in [-0.4, -0.2) is 51.3 Å². The third-order valence-corrected chi connectivity index (χ3v) is 9.24. The molecule has 1 aliphatic heterocycles. The van der Waals surface area contributed by atoms with Crippen LogP contribution in [0, 0.1) is 11.7 Å².